The van der Waals surface area contributed by atoms with E-state index >= 15 is 0 Å². The van der Waals surface area contributed by atoms with Crippen molar-refractivity contribution in [3.63, 3.8) is 0 Å². The van der Waals surface area contributed by atoms with Gasteiger partial charge in [-0.05, 0) is 0 Å². The Morgan fingerprint density at radius 2 is 0.600 bits per heavy atom. The van der Waals surface area contributed by atoms with Crippen LogP contribution in [0.15, 0.2) is 0 Å². The van der Waals surface area contributed by atoms with E-state index in [1.165, 1.54) is 0 Å². The summed E-state index contributed by atoms with van der Waals surface area (Å²) in [6.07, 6.45) is 0. The monoisotopic (exact) mass is 190 g/mol. The molecule has 0 aromatic rings. The van der Waals surface area contributed by atoms with Crippen molar-refractivity contribution in [3.05, 3.63) is 0 Å². The first-order valence-electron chi connectivity index (χ1n) is 0. The summed E-state index contributed by atoms with van der Waals surface area (Å²) < 4.78 is 0. The molecule has 0 amide bonds. The summed E-state index contributed by atoms with van der Waals surface area (Å²) in [5, 5.41) is 0. The molecular formula is NiSi3Ti. The molecule has 0 aromatic carbocycles. The van der Waals surface area contributed by atoms with E-state index in [1.807, 2.05) is 0 Å². The number of rotatable bonds is 0. The van der Waals surface area contributed by atoms with Crippen molar-refractivity contribution < 1.29 is 38.2 Å². The van der Waals surface area contributed by atoms with Crippen LogP contribution in [0.3, 0.4) is 0 Å². The molecule has 0 fully saturated rings. The van der Waals surface area contributed by atoms with Crippen LogP contribution in [0.2, 0.25) is 0 Å². The predicted molar refractivity (Wildman–Crippen MR) is 17.3 cm³/mol. The fraction of sp³-hybridized carbons (Fsp3) is 0. The first-order valence-corrected chi connectivity index (χ1v) is 0. The van der Waals surface area contributed by atoms with Gasteiger partial charge in [0.2, 0.25) is 0 Å². The maximum atomic E-state index is 0. The van der Waals surface area contributed by atoms with Crippen LogP contribution >= 0.6 is 0 Å². The molecule has 0 aromatic heterocycles. The standard InChI is InChI=1S/Ni.3Si.Ti. The molecule has 5 heavy (non-hydrogen) atoms. The molecule has 5 heteroatoms. The molecule has 0 aliphatic heterocycles. The third-order valence-corrected chi connectivity index (χ3v) is 0. The van der Waals surface area contributed by atoms with Gasteiger partial charge in [0.1, 0.15) is 0 Å². The van der Waals surface area contributed by atoms with Gasteiger partial charge in [-0.2, -0.15) is 0 Å². The molecule has 0 spiro atoms. The van der Waals surface area contributed by atoms with E-state index in [9.17, 15) is 0 Å². The number of hydrogen-bond acceptors (Lipinski definition) is 0. The molecule has 0 N–H and O–H groups in total. The van der Waals surface area contributed by atoms with Crippen LogP contribution in [-0.2, 0) is 38.2 Å². The summed E-state index contributed by atoms with van der Waals surface area (Å²) in [7, 11) is 0. The van der Waals surface area contributed by atoms with Crippen LogP contribution in [0.1, 0.15) is 0 Å². The quantitative estimate of drug-likeness (QED) is 0.424. The maximum Gasteiger partial charge on any atom is 0 e. The van der Waals surface area contributed by atoms with Crippen LogP contribution in [-0.4, -0.2) is 32.9 Å². The predicted octanol–water partition coefficient (Wildman–Crippen LogP) is -1.15. The Morgan fingerprint density at radius 1 is 0.600 bits per heavy atom. The molecule has 0 saturated heterocycles. The van der Waals surface area contributed by atoms with E-state index in [-0.39, 0.29) is 71.1 Å². The van der Waals surface area contributed by atoms with Crippen LogP contribution in [0.4, 0.5) is 0 Å². The fourth-order valence-electron chi connectivity index (χ4n) is 0. The molecule has 0 rings (SSSR count). The molecule has 0 unspecified atom stereocenters. The molecule has 26 valence electrons. The largest absolute Gasteiger partial charge is 0 e. The minimum Gasteiger partial charge on any atom is 0 e. The number of hydrogen-bond donors (Lipinski definition) is 0. The van der Waals surface area contributed by atoms with Crippen molar-refractivity contribution in [2.45, 2.75) is 0 Å². The van der Waals surface area contributed by atoms with Gasteiger partial charge in [-0.25, -0.2) is 0 Å². The van der Waals surface area contributed by atoms with Gasteiger partial charge in [0, 0.05) is 71.1 Å². The van der Waals surface area contributed by atoms with Gasteiger partial charge in [-0.1, -0.05) is 0 Å². The summed E-state index contributed by atoms with van der Waals surface area (Å²) in [5.41, 5.74) is 0. The van der Waals surface area contributed by atoms with Gasteiger partial charge in [0.05, 0.1) is 0 Å². The topological polar surface area (TPSA) is 0 Å². The van der Waals surface area contributed by atoms with Crippen molar-refractivity contribution >= 4 is 32.9 Å². The van der Waals surface area contributed by atoms with Gasteiger partial charge in [-0.15, -0.1) is 0 Å². The summed E-state index contributed by atoms with van der Waals surface area (Å²) in [6, 6.07) is 0. The Morgan fingerprint density at radius 3 is 0.600 bits per heavy atom. The molecule has 12 radical (unpaired) electrons. The summed E-state index contributed by atoms with van der Waals surface area (Å²) in [4.78, 5) is 0. The zero-order valence-electron chi connectivity index (χ0n) is 2.32. The Labute approximate surface area is 70.7 Å². The van der Waals surface area contributed by atoms with Gasteiger partial charge in [-0.3, -0.25) is 0 Å². The van der Waals surface area contributed by atoms with E-state index in [1.54, 1.807) is 0 Å². The first kappa shape index (κ1) is 68.2. The van der Waals surface area contributed by atoms with Crippen molar-refractivity contribution in [1.29, 1.82) is 0 Å². The smallest absolute Gasteiger partial charge is 0 e. The molecule has 0 heterocycles. The molecule has 0 bridgehead atoms. The normalized spacial score (nSPS) is 0. The van der Waals surface area contributed by atoms with E-state index in [2.05, 4.69) is 0 Å². The fourth-order valence-corrected chi connectivity index (χ4v) is 0. The Kier molecular flexibility index (Phi) is 546. The maximum absolute atomic E-state index is 0. The second-order valence-corrected chi connectivity index (χ2v) is 0. The zero-order chi connectivity index (χ0) is 0. The van der Waals surface area contributed by atoms with Gasteiger partial charge in [0.15, 0.2) is 0 Å². The summed E-state index contributed by atoms with van der Waals surface area (Å²) >= 11 is 0. The Bertz CT molecular complexity index is 6.85. The van der Waals surface area contributed by atoms with Crippen LogP contribution < -0.4 is 0 Å². The molecule has 0 aliphatic rings. The van der Waals surface area contributed by atoms with Crippen LogP contribution in [0, 0.1) is 0 Å². The third-order valence-electron chi connectivity index (χ3n) is 0. The molecule has 0 atom stereocenters. The molecule has 0 saturated carbocycles. The minimum atomic E-state index is 0. The first-order chi connectivity index (χ1) is 0. The van der Waals surface area contributed by atoms with E-state index in [4.69, 9.17) is 0 Å². The zero-order valence-corrected chi connectivity index (χ0v) is 7.87. The van der Waals surface area contributed by atoms with Crippen LogP contribution in [0.5, 0.6) is 0 Å². The second kappa shape index (κ2) is 40.0. The minimum absolute atomic E-state index is 0. The van der Waals surface area contributed by atoms with Gasteiger partial charge >= 0.3 is 0 Å². The molecule has 0 nitrogen and oxygen atoms in total. The van der Waals surface area contributed by atoms with E-state index < -0.39 is 0 Å². The van der Waals surface area contributed by atoms with E-state index in [0.29, 0.717) is 0 Å². The van der Waals surface area contributed by atoms with Crippen molar-refractivity contribution in [1.82, 2.24) is 0 Å². The Hall–Kier alpha value is 1.86. The molecule has 0 aliphatic carbocycles. The van der Waals surface area contributed by atoms with Crippen LogP contribution in [0.25, 0.3) is 0 Å². The summed E-state index contributed by atoms with van der Waals surface area (Å²) in [6.45, 7) is 0. The summed E-state index contributed by atoms with van der Waals surface area (Å²) in [5.74, 6) is 0. The molecular weight excluding hydrogens is 191 g/mol. The van der Waals surface area contributed by atoms with Gasteiger partial charge < -0.3 is 0 Å². The van der Waals surface area contributed by atoms with Crippen molar-refractivity contribution in [2.75, 3.05) is 0 Å². The van der Waals surface area contributed by atoms with Gasteiger partial charge in [0.25, 0.3) is 0 Å². The average Bonchev–Trinajstić information content (AvgIpc) is 0. The Balaban J connectivity index is 0. The second-order valence-electron chi connectivity index (χ2n) is 0. The van der Waals surface area contributed by atoms with E-state index in [0.717, 1.165) is 0 Å². The SMILES string of the molecule is [Ni].[Si].[Si].[Si].[Ti]. The van der Waals surface area contributed by atoms with Crippen molar-refractivity contribution in [3.8, 4) is 0 Å². The van der Waals surface area contributed by atoms with Crippen molar-refractivity contribution in [2.24, 2.45) is 0 Å². The average molecular weight is 191 g/mol. The third kappa shape index (κ3) is 25.3.